The first-order valence-corrected chi connectivity index (χ1v) is 4.48. The van der Waals surface area contributed by atoms with Gasteiger partial charge in [-0.1, -0.05) is 18.2 Å². The van der Waals surface area contributed by atoms with Crippen LogP contribution in [0.3, 0.4) is 0 Å². The van der Waals surface area contributed by atoms with Gasteiger partial charge in [-0.25, -0.2) is 0 Å². The van der Waals surface area contributed by atoms with Crippen LogP contribution in [0.2, 0.25) is 0 Å². The Kier molecular flexibility index (Phi) is 4.11. The number of ether oxygens (including phenoxy) is 1. The van der Waals surface area contributed by atoms with Crippen molar-refractivity contribution in [1.82, 2.24) is 0 Å². The van der Waals surface area contributed by atoms with Crippen molar-refractivity contribution < 1.29 is 9.53 Å². The SMILES string of the molecule is COc1ccc(C=CCC#N)c(C=O)c1. The van der Waals surface area contributed by atoms with E-state index >= 15 is 0 Å². The molecule has 1 aromatic rings. The van der Waals surface area contributed by atoms with Gasteiger partial charge in [-0.05, 0) is 17.7 Å². The lowest BCUT2D eigenvalue weighted by Gasteiger charge is -2.02. The maximum Gasteiger partial charge on any atom is 0.150 e. The van der Waals surface area contributed by atoms with Crippen molar-refractivity contribution in [2.75, 3.05) is 7.11 Å². The summed E-state index contributed by atoms with van der Waals surface area (Å²) >= 11 is 0. The lowest BCUT2D eigenvalue weighted by molar-refractivity contribution is 0.112. The molecule has 0 saturated carbocycles. The van der Waals surface area contributed by atoms with E-state index in [4.69, 9.17) is 10.00 Å². The van der Waals surface area contributed by atoms with Crippen LogP contribution < -0.4 is 4.74 Å². The van der Waals surface area contributed by atoms with Crippen molar-refractivity contribution in [1.29, 1.82) is 5.26 Å². The highest BCUT2D eigenvalue weighted by atomic mass is 16.5. The average Bonchev–Trinajstić information content (AvgIpc) is 2.29. The minimum Gasteiger partial charge on any atom is -0.497 e. The molecule has 0 atom stereocenters. The number of rotatable bonds is 4. The van der Waals surface area contributed by atoms with Gasteiger partial charge in [0.05, 0.1) is 19.6 Å². The normalized spacial score (nSPS) is 9.87. The molecule has 0 N–H and O–H groups in total. The van der Waals surface area contributed by atoms with E-state index in [1.807, 2.05) is 6.07 Å². The number of hydrogen-bond donors (Lipinski definition) is 0. The van der Waals surface area contributed by atoms with Crippen LogP contribution in [-0.4, -0.2) is 13.4 Å². The Morgan fingerprint density at radius 3 is 2.87 bits per heavy atom. The minimum absolute atomic E-state index is 0.338. The molecule has 0 aromatic heterocycles. The number of nitrogens with zero attached hydrogens (tertiary/aromatic N) is 1. The molecule has 0 unspecified atom stereocenters. The lowest BCUT2D eigenvalue weighted by atomic mass is 10.1. The van der Waals surface area contributed by atoms with E-state index < -0.39 is 0 Å². The molecule has 3 heteroatoms. The molecule has 76 valence electrons. The summed E-state index contributed by atoms with van der Waals surface area (Å²) in [7, 11) is 1.55. The quantitative estimate of drug-likeness (QED) is 0.703. The van der Waals surface area contributed by atoms with Gasteiger partial charge in [-0.2, -0.15) is 5.26 Å². The zero-order chi connectivity index (χ0) is 11.1. The smallest absolute Gasteiger partial charge is 0.150 e. The molecule has 0 radical (unpaired) electrons. The van der Waals surface area contributed by atoms with Gasteiger partial charge >= 0.3 is 0 Å². The third kappa shape index (κ3) is 2.96. The van der Waals surface area contributed by atoms with Crippen LogP contribution in [0.4, 0.5) is 0 Å². The molecule has 0 fully saturated rings. The van der Waals surface area contributed by atoms with Gasteiger partial charge < -0.3 is 4.74 Å². The summed E-state index contributed by atoms with van der Waals surface area (Å²) in [6.07, 6.45) is 4.58. The van der Waals surface area contributed by atoms with Crippen molar-refractivity contribution >= 4 is 12.4 Å². The van der Waals surface area contributed by atoms with Crippen molar-refractivity contribution in [3.63, 3.8) is 0 Å². The maximum atomic E-state index is 10.8. The summed E-state index contributed by atoms with van der Waals surface area (Å²) in [6.45, 7) is 0. The molecule has 1 rings (SSSR count). The third-order valence-electron chi connectivity index (χ3n) is 1.93. The Hall–Kier alpha value is -2.08. The predicted octanol–water partition coefficient (Wildman–Crippen LogP) is 2.43. The largest absolute Gasteiger partial charge is 0.497 e. The van der Waals surface area contributed by atoms with E-state index in [0.717, 1.165) is 11.8 Å². The minimum atomic E-state index is 0.338. The van der Waals surface area contributed by atoms with Gasteiger partial charge in [0.25, 0.3) is 0 Å². The van der Waals surface area contributed by atoms with Gasteiger partial charge in [-0.3, -0.25) is 4.79 Å². The van der Waals surface area contributed by atoms with Crippen molar-refractivity contribution in [2.45, 2.75) is 6.42 Å². The Bertz CT molecular complexity index is 416. The van der Waals surface area contributed by atoms with E-state index in [1.165, 1.54) is 0 Å². The van der Waals surface area contributed by atoms with Crippen LogP contribution >= 0.6 is 0 Å². The van der Waals surface area contributed by atoms with Crippen LogP contribution in [0.15, 0.2) is 24.3 Å². The van der Waals surface area contributed by atoms with Crippen LogP contribution in [0, 0.1) is 11.3 Å². The highest BCUT2D eigenvalue weighted by Crippen LogP contribution is 2.17. The fourth-order valence-electron chi connectivity index (χ4n) is 1.17. The summed E-state index contributed by atoms with van der Waals surface area (Å²) < 4.78 is 5.00. The summed E-state index contributed by atoms with van der Waals surface area (Å²) in [5.41, 5.74) is 1.35. The molecule has 3 nitrogen and oxygen atoms in total. The first-order chi connectivity index (χ1) is 7.31. The summed E-state index contributed by atoms with van der Waals surface area (Å²) in [4.78, 5) is 10.8. The summed E-state index contributed by atoms with van der Waals surface area (Å²) in [5, 5.41) is 8.36. The van der Waals surface area contributed by atoms with Crippen molar-refractivity contribution in [3.05, 3.63) is 35.4 Å². The topological polar surface area (TPSA) is 50.1 Å². The van der Waals surface area contributed by atoms with Gasteiger partial charge in [0.2, 0.25) is 0 Å². The monoisotopic (exact) mass is 201 g/mol. The van der Waals surface area contributed by atoms with Crippen LogP contribution in [0.25, 0.3) is 6.08 Å². The first kappa shape index (κ1) is 11.0. The van der Waals surface area contributed by atoms with Gasteiger partial charge in [-0.15, -0.1) is 0 Å². The highest BCUT2D eigenvalue weighted by Gasteiger charge is 2.00. The van der Waals surface area contributed by atoms with Gasteiger partial charge in [0.15, 0.2) is 6.29 Å². The number of aldehydes is 1. The highest BCUT2D eigenvalue weighted by molar-refractivity contribution is 5.82. The predicted molar refractivity (Wildman–Crippen MR) is 57.6 cm³/mol. The number of carbonyl (C=O) groups excluding carboxylic acids is 1. The number of benzene rings is 1. The van der Waals surface area contributed by atoms with Gasteiger partial charge in [0.1, 0.15) is 5.75 Å². The van der Waals surface area contributed by atoms with E-state index in [9.17, 15) is 4.79 Å². The third-order valence-corrected chi connectivity index (χ3v) is 1.93. The molecule has 0 saturated heterocycles. The van der Waals surface area contributed by atoms with Crippen LogP contribution in [0.5, 0.6) is 5.75 Å². The van der Waals surface area contributed by atoms with Crippen LogP contribution in [0.1, 0.15) is 22.3 Å². The molecule has 0 aliphatic carbocycles. The number of allylic oxidation sites excluding steroid dienone is 1. The molecule has 0 aliphatic rings. The Balaban J connectivity index is 2.98. The summed E-state index contributed by atoms with van der Waals surface area (Å²) in [6, 6.07) is 7.23. The fraction of sp³-hybridized carbons (Fsp3) is 0.167. The molecule has 0 aliphatic heterocycles. The molecular formula is C12H11NO2. The maximum absolute atomic E-state index is 10.8. The Labute approximate surface area is 88.6 Å². The number of methoxy groups -OCH3 is 1. The molecular weight excluding hydrogens is 190 g/mol. The van der Waals surface area contributed by atoms with E-state index in [-0.39, 0.29) is 0 Å². The molecule has 0 spiro atoms. The van der Waals surface area contributed by atoms with Gasteiger partial charge in [0, 0.05) is 5.56 Å². The fourth-order valence-corrected chi connectivity index (χ4v) is 1.17. The second-order valence-electron chi connectivity index (χ2n) is 2.88. The molecule has 1 aromatic carbocycles. The molecule has 0 heterocycles. The Morgan fingerprint density at radius 2 is 2.27 bits per heavy atom. The van der Waals surface area contributed by atoms with Crippen LogP contribution in [-0.2, 0) is 0 Å². The van der Waals surface area contributed by atoms with Crippen molar-refractivity contribution in [3.8, 4) is 11.8 Å². The molecule has 0 bridgehead atoms. The lowest BCUT2D eigenvalue weighted by Crippen LogP contribution is -1.89. The first-order valence-electron chi connectivity index (χ1n) is 4.48. The molecule has 15 heavy (non-hydrogen) atoms. The van der Waals surface area contributed by atoms with E-state index in [1.54, 1.807) is 37.5 Å². The Morgan fingerprint density at radius 1 is 1.47 bits per heavy atom. The number of hydrogen-bond acceptors (Lipinski definition) is 3. The number of carbonyl (C=O) groups is 1. The zero-order valence-corrected chi connectivity index (χ0v) is 8.43. The zero-order valence-electron chi connectivity index (χ0n) is 8.43. The summed E-state index contributed by atoms with van der Waals surface area (Å²) in [5.74, 6) is 0.648. The second-order valence-corrected chi connectivity index (χ2v) is 2.88. The average molecular weight is 201 g/mol. The van der Waals surface area contributed by atoms with E-state index in [2.05, 4.69) is 0 Å². The molecule has 0 amide bonds. The van der Waals surface area contributed by atoms with E-state index in [0.29, 0.717) is 17.7 Å². The van der Waals surface area contributed by atoms with Crippen molar-refractivity contribution in [2.24, 2.45) is 0 Å². The number of nitriles is 1. The standard InChI is InChI=1S/C12H11NO2/c1-15-12-6-5-10(4-2-3-7-13)11(8-12)9-14/h2,4-6,8-9H,3H2,1H3. The second kappa shape index (κ2) is 5.61.